The highest BCUT2D eigenvalue weighted by molar-refractivity contribution is 5.51. The molecule has 2 N–H and O–H groups in total. The van der Waals surface area contributed by atoms with Crippen LogP contribution in [0.2, 0.25) is 0 Å². The summed E-state index contributed by atoms with van der Waals surface area (Å²) < 4.78 is 0. The monoisotopic (exact) mass is 266 g/mol. The molecule has 2 saturated carbocycles. The zero-order chi connectivity index (χ0) is 14.3. The molecule has 2 fully saturated rings. The van der Waals surface area contributed by atoms with Gasteiger partial charge in [-0.15, -0.1) is 0 Å². The van der Waals surface area contributed by atoms with E-state index in [1.165, 1.54) is 5.57 Å². The van der Waals surface area contributed by atoms with Crippen LogP contribution in [0.15, 0.2) is 12.2 Å². The molecule has 108 valence electrons. The number of rotatable bonds is 3. The lowest BCUT2D eigenvalue weighted by atomic mass is 9.46. The van der Waals surface area contributed by atoms with Crippen molar-refractivity contribution in [3.63, 3.8) is 0 Å². The van der Waals surface area contributed by atoms with E-state index in [4.69, 9.17) is 0 Å². The summed E-state index contributed by atoms with van der Waals surface area (Å²) in [5, 5.41) is 20.1. The van der Waals surface area contributed by atoms with Crippen LogP contribution >= 0.6 is 0 Å². The molecule has 3 nitrogen and oxygen atoms in total. The maximum absolute atomic E-state index is 11.0. The predicted molar refractivity (Wildman–Crippen MR) is 74.6 cm³/mol. The lowest BCUT2D eigenvalue weighted by molar-refractivity contribution is -0.153. The van der Waals surface area contributed by atoms with E-state index in [2.05, 4.69) is 13.5 Å². The van der Waals surface area contributed by atoms with Crippen molar-refractivity contribution in [1.82, 2.24) is 0 Å². The molecule has 0 amide bonds. The molecule has 0 aromatic carbocycles. The van der Waals surface area contributed by atoms with Crippen molar-refractivity contribution in [3.05, 3.63) is 12.2 Å². The van der Waals surface area contributed by atoms with Gasteiger partial charge in [0.1, 0.15) is 6.29 Å². The van der Waals surface area contributed by atoms with Crippen molar-refractivity contribution >= 4 is 6.29 Å². The van der Waals surface area contributed by atoms with Gasteiger partial charge >= 0.3 is 0 Å². The Balaban J connectivity index is 2.39. The minimum Gasteiger partial charge on any atom is -0.396 e. The van der Waals surface area contributed by atoms with Crippen LogP contribution in [-0.2, 0) is 4.79 Å². The molecule has 0 saturated heterocycles. The first-order valence-electron chi connectivity index (χ1n) is 7.30. The highest BCUT2D eigenvalue weighted by Gasteiger charge is 2.57. The highest BCUT2D eigenvalue weighted by Crippen LogP contribution is 2.61. The van der Waals surface area contributed by atoms with Gasteiger partial charge in [-0.05, 0) is 42.9 Å². The number of hydrogen-bond donors (Lipinski definition) is 2. The number of aliphatic hydroxyl groups excluding tert-OH is 2. The van der Waals surface area contributed by atoms with E-state index in [9.17, 15) is 15.0 Å². The summed E-state index contributed by atoms with van der Waals surface area (Å²) in [6.45, 7) is 8.38. The zero-order valence-corrected chi connectivity index (χ0v) is 12.1. The first kappa shape index (κ1) is 14.7. The molecule has 5 atom stereocenters. The maximum atomic E-state index is 11.0. The number of allylic oxidation sites excluding steroid dienone is 1. The first-order valence-corrected chi connectivity index (χ1v) is 7.30. The maximum Gasteiger partial charge on any atom is 0.120 e. The standard InChI is InChI=1S/C16H26O3/c1-11-4-5-13-15(2,12(11)7-9-17)8-6-14(19)16(13,3)10-18/h9,12-14,18-19H,1,4-8,10H2,2-3H3/t12-,13+,14-,15+,16+/m1/s1. The second kappa shape index (κ2) is 5.02. The normalized spacial score (nSPS) is 46.7. The molecule has 2 rings (SSSR count). The van der Waals surface area contributed by atoms with Crippen LogP contribution in [0, 0.1) is 22.7 Å². The van der Waals surface area contributed by atoms with E-state index in [0.717, 1.165) is 25.5 Å². The Morgan fingerprint density at radius 1 is 1.42 bits per heavy atom. The zero-order valence-electron chi connectivity index (χ0n) is 12.1. The van der Waals surface area contributed by atoms with Crippen molar-refractivity contribution < 1.29 is 15.0 Å². The Kier molecular flexibility index (Phi) is 3.90. The van der Waals surface area contributed by atoms with Gasteiger partial charge < -0.3 is 15.0 Å². The largest absolute Gasteiger partial charge is 0.396 e. The van der Waals surface area contributed by atoms with Gasteiger partial charge in [0.2, 0.25) is 0 Å². The second-order valence-electron chi connectivity index (χ2n) is 6.93. The molecular formula is C16H26O3. The van der Waals surface area contributed by atoms with E-state index >= 15 is 0 Å². The van der Waals surface area contributed by atoms with Crippen LogP contribution in [0.25, 0.3) is 0 Å². The Hall–Kier alpha value is -0.670. The molecule has 0 unspecified atom stereocenters. The fourth-order valence-electron chi connectivity index (χ4n) is 4.73. The van der Waals surface area contributed by atoms with Crippen LogP contribution in [0.5, 0.6) is 0 Å². The number of fused-ring (bicyclic) bond motifs is 1. The quantitative estimate of drug-likeness (QED) is 0.609. The van der Waals surface area contributed by atoms with Crippen molar-refractivity contribution in [2.24, 2.45) is 22.7 Å². The Morgan fingerprint density at radius 3 is 2.68 bits per heavy atom. The number of carbonyl (C=O) groups is 1. The van der Waals surface area contributed by atoms with E-state index in [1.54, 1.807) is 0 Å². The Morgan fingerprint density at radius 2 is 2.11 bits per heavy atom. The fourth-order valence-corrected chi connectivity index (χ4v) is 4.73. The van der Waals surface area contributed by atoms with Crippen molar-refractivity contribution in [1.29, 1.82) is 0 Å². The van der Waals surface area contributed by atoms with E-state index in [-0.39, 0.29) is 23.9 Å². The third-order valence-corrected chi connectivity index (χ3v) is 6.03. The molecule has 0 radical (unpaired) electrons. The Labute approximate surface area is 115 Å². The number of carbonyl (C=O) groups excluding carboxylic acids is 1. The predicted octanol–water partition coefficient (Wildman–Crippen LogP) is 2.32. The second-order valence-corrected chi connectivity index (χ2v) is 6.93. The molecule has 0 aromatic heterocycles. The Bertz CT molecular complexity index is 378. The average molecular weight is 266 g/mol. The number of hydrogen-bond acceptors (Lipinski definition) is 3. The molecule has 3 heteroatoms. The molecule has 0 heterocycles. The van der Waals surface area contributed by atoms with Crippen molar-refractivity contribution in [2.45, 2.75) is 52.1 Å². The minimum absolute atomic E-state index is 0.00864. The summed E-state index contributed by atoms with van der Waals surface area (Å²) in [6.07, 6.45) is 4.53. The molecule has 2 aliphatic rings. The van der Waals surface area contributed by atoms with Gasteiger partial charge in [-0.3, -0.25) is 0 Å². The smallest absolute Gasteiger partial charge is 0.120 e. The minimum atomic E-state index is -0.450. The number of aldehydes is 1. The fraction of sp³-hybridized carbons (Fsp3) is 0.812. The molecule has 0 bridgehead atoms. The third kappa shape index (κ3) is 2.07. The van der Waals surface area contributed by atoms with Gasteiger partial charge in [0, 0.05) is 11.8 Å². The highest BCUT2D eigenvalue weighted by atomic mass is 16.3. The molecule has 19 heavy (non-hydrogen) atoms. The summed E-state index contributed by atoms with van der Waals surface area (Å²) in [7, 11) is 0. The lowest BCUT2D eigenvalue weighted by Crippen LogP contribution is -2.57. The molecule has 0 aromatic rings. The van der Waals surface area contributed by atoms with Crippen LogP contribution in [0.4, 0.5) is 0 Å². The summed E-state index contributed by atoms with van der Waals surface area (Å²) >= 11 is 0. The van der Waals surface area contributed by atoms with E-state index in [1.807, 2.05) is 6.92 Å². The van der Waals surface area contributed by atoms with Crippen LogP contribution in [-0.4, -0.2) is 29.2 Å². The molecule has 2 aliphatic carbocycles. The summed E-state index contributed by atoms with van der Waals surface area (Å²) in [6, 6.07) is 0. The molecule has 0 aliphatic heterocycles. The lowest BCUT2D eigenvalue weighted by Gasteiger charge is -2.59. The van der Waals surface area contributed by atoms with Gasteiger partial charge in [-0.2, -0.15) is 0 Å². The van der Waals surface area contributed by atoms with Gasteiger partial charge in [0.25, 0.3) is 0 Å². The molecular weight excluding hydrogens is 240 g/mol. The van der Waals surface area contributed by atoms with E-state index in [0.29, 0.717) is 12.8 Å². The topological polar surface area (TPSA) is 57.5 Å². The third-order valence-electron chi connectivity index (χ3n) is 6.03. The van der Waals surface area contributed by atoms with E-state index < -0.39 is 11.5 Å². The summed E-state index contributed by atoms with van der Waals surface area (Å²) in [5.41, 5.74) is 0.699. The van der Waals surface area contributed by atoms with Gasteiger partial charge in [0.05, 0.1) is 12.7 Å². The SMILES string of the molecule is C=C1CC[C@@H]2[C@](C)(CO)[C@H](O)CC[C@@]2(C)[C@@H]1CC=O. The van der Waals surface area contributed by atoms with Gasteiger partial charge in [-0.1, -0.05) is 26.0 Å². The van der Waals surface area contributed by atoms with Crippen LogP contribution in [0.3, 0.4) is 0 Å². The summed E-state index contributed by atoms with van der Waals surface area (Å²) in [5.74, 6) is 0.450. The number of aliphatic hydroxyl groups is 2. The average Bonchev–Trinajstić information content (AvgIpc) is 2.39. The molecule has 0 spiro atoms. The van der Waals surface area contributed by atoms with Crippen LogP contribution < -0.4 is 0 Å². The van der Waals surface area contributed by atoms with Crippen molar-refractivity contribution in [2.75, 3.05) is 6.61 Å². The van der Waals surface area contributed by atoms with Gasteiger partial charge in [0.15, 0.2) is 0 Å². The van der Waals surface area contributed by atoms with Gasteiger partial charge in [-0.25, -0.2) is 0 Å². The first-order chi connectivity index (χ1) is 8.90. The van der Waals surface area contributed by atoms with Crippen molar-refractivity contribution in [3.8, 4) is 0 Å². The van der Waals surface area contributed by atoms with Crippen LogP contribution in [0.1, 0.15) is 46.0 Å². The summed E-state index contributed by atoms with van der Waals surface area (Å²) in [4.78, 5) is 11.0.